The zero-order valence-electron chi connectivity index (χ0n) is 9.26. The van der Waals surface area contributed by atoms with E-state index in [1.54, 1.807) is 43.3 Å². The molecule has 0 fully saturated rings. The Morgan fingerprint density at radius 1 is 1.31 bits per heavy atom. The highest BCUT2D eigenvalue weighted by Gasteiger charge is 2.10. The Hall–Kier alpha value is -1.56. The molecule has 0 radical (unpaired) electrons. The number of hydrogen-bond donors (Lipinski definition) is 0. The molecule has 2 aromatic rings. The zero-order valence-corrected chi connectivity index (χ0v) is 10.1. The second-order valence-electron chi connectivity index (χ2n) is 3.21. The highest BCUT2D eigenvalue weighted by Crippen LogP contribution is 2.26. The molecule has 2 aromatic heterocycles. The first kappa shape index (κ1) is 10.9. The zero-order chi connectivity index (χ0) is 11.7. The van der Waals surface area contributed by atoms with Gasteiger partial charge in [-0.15, -0.1) is 0 Å². The summed E-state index contributed by atoms with van der Waals surface area (Å²) in [6.07, 6.45) is 3.31. The Bertz CT molecular complexity index is 550. The van der Waals surface area contributed by atoms with Gasteiger partial charge in [0.1, 0.15) is 22.0 Å². The summed E-state index contributed by atoms with van der Waals surface area (Å²) in [6, 6.07) is 3.51. The predicted octanol–water partition coefficient (Wildman–Crippen LogP) is 1.09. The molecule has 2 rings (SSSR count). The molecule has 2 heterocycles. The van der Waals surface area contributed by atoms with E-state index in [0.717, 1.165) is 5.52 Å². The van der Waals surface area contributed by atoms with Gasteiger partial charge >= 0.3 is 0 Å². The Labute approximate surface area is 95.4 Å². The number of rotatable bonds is 3. The molecule has 0 aliphatic heterocycles. The Morgan fingerprint density at radius 2 is 2.06 bits per heavy atom. The summed E-state index contributed by atoms with van der Waals surface area (Å²) in [6.45, 7) is 0. The van der Waals surface area contributed by atoms with Gasteiger partial charge in [0.15, 0.2) is 0 Å². The minimum absolute atomic E-state index is 0.520. The van der Waals surface area contributed by atoms with E-state index in [1.807, 2.05) is 0 Å². The third kappa shape index (κ3) is 1.76. The molecule has 0 saturated heterocycles. The van der Waals surface area contributed by atoms with Gasteiger partial charge < -0.3 is 9.47 Å². The lowest BCUT2D eigenvalue weighted by Crippen LogP contribution is -1.94. The van der Waals surface area contributed by atoms with Crippen LogP contribution in [0.2, 0.25) is 0 Å². The maximum atomic E-state index is 11.3. The van der Waals surface area contributed by atoms with Gasteiger partial charge in [0, 0.05) is 18.4 Å². The van der Waals surface area contributed by atoms with E-state index in [2.05, 4.69) is 5.10 Å². The van der Waals surface area contributed by atoms with Crippen LogP contribution in [0.1, 0.15) is 0 Å². The van der Waals surface area contributed by atoms with Crippen LogP contribution in [0.15, 0.2) is 23.4 Å². The van der Waals surface area contributed by atoms with Gasteiger partial charge in [0.25, 0.3) is 0 Å². The number of ether oxygens (including phenoxy) is 2. The molecule has 0 aromatic carbocycles. The van der Waals surface area contributed by atoms with Gasteiger partial charge in [-0.05, 0) is 0 Å². The second kappa shape index (κ2) is 4.13. The number of fused-ring (bicyclic) bond motifs is 1. The van der Waals surface area contributed by atoms with E-state index in [0.29, 0.717) is 16.5 Å². The third-order valence-electron chi connectivity index (χ3n) is 2.24. The van der Waals surface area contributed by atoms with E-state index in [-0.39, 0.29) is 0 Å². The van der Waals surface area contributed by atoms with E-state index in [9.17, 15) is 4.21 Å². The van der Waals surface area contributed by atoms with Crippen LogP contribution >= 0.6 is 0 Å². The lowest BCUT2D eigenvalue weighted by atomic mass is 10.3. The molecule has 0 saturated carbocycles. The Morgan fingerprint density at radius 3 is 2.62 bits per heavy atom. The van der Waals surface area contributed by atoms with Crippen molar-refractivity contribution in [2.75, 3.05) is 20.5 Å². The van der Waals surface area contributed by atoms with Crippen molar-refractivity contribution in [3.63, 3.8) is 0 Å². The molecule has 0 amide bonds. The maximum Gasteiger partial charge on any atom is 0.150 e. The summed E-state index contributed by atoms with van der Waals surface area (Å²) in [5, 5.41) is 4.71. The van der Waals surface area contributed by atoms with E-state index < -0.39 is 10.8 Å². The molecular formula is C10H12N2O3S. The highest BCUT2D eigenvalue weighted by molar-refractivity contribution is 7.84. The molecule has 5 nitrogen and oxygen atoms in total. The number of aromatic nitrogens is 2. The van der Waals surface area contributed by atoms with Crippen molar-refractivity contribution >= 4 is 16.3 Å². The molecule has 0 bridgehead atoms. The molecule has 1 atom stereocenters. The average molecular weight is 240 g/mol. The summed E-state index contributed by atoms with van der Waals surface area (Å²) in [4.78, 5) is 0. The minimum Gasteiger partial charge on any atom is -0.495 e. The minimum atomic E-state index is -1.11. The summed E-state index contributed by atoms with van der Waals surface area (Å²) in [5.41, 5.74) is 0.772. The van der Waals surface area contributed by atoms with Crippen LogP contribution in [0.4, 0.5) is 0 Å². The number of nitrogens with zero attached hydrogens (tertiary/aromatic N) is 2. The fraction of sp³-hybridized carbons (Fsp3) is 0.300. The van der Waals surface area contributed by atoms with E-state index in [1.165, 1.54) is 0 Å². The molecule has 0 aliphatic carbocycles. The summed E-state index contributed by atoms with van der Waals surface area (Å²) < 4.78 is 23.3. The number of hydrogen-bond acceptors (Lipinski definition) is 4. The molecule has 6 heteroatoms. The van der Waals surface area contributed by atoms with Crippen molar-refractivity contribution in [3.05, 3.63) is 18.3 Å². The summed E-state index contributed by atoms with van der Waals surface area (Å²) in [7, 11) is 2.04. The standard InChI is InChI=1S/C10H12N2O3S/c1-14-7-4-9(15-2)8-5-10(16(3)13)11-12(8)6-7/h4-6H,1-3H3. The van der Waals surface area contributed by atoms with Crippen LogP contribution < -0.4 is 9.47 Å². The fourth-order valence-electron chi connectivity index (χ4n) is 1.43. The van der Waals surface area contributed by atoms with Crippen LogP contribution in [-0.2, 0) is 10.8 Å². The van der Waals surface area contributed by atoms with Gasteiger partial charge in [-0.1, -0.05) is 0 Å². The molecule has 1 unspecified atom stereocenters. The molecule has 86 valence electrons. The fourth-order valence-corrected chi connectivity index (χ4v) is 1.91. The first-order valence-corrected chi connectivity index (χ1v) is 6.16. The number of pyridine rings is 1. The van der Waals surface area contributed by atoms with Crippen molar-refractivity contribution in [1.82, 2.24) is 9.61 Å². The molecule has 0 N–H and O–H groups in total. The molecular weight excluding hydrogens is 228 g/mol. The van der Waals surface area contributed by atoms with Crippen LogP contribution in [0.25, 0.3) is 5.52 Å². The van der Waals surface area contributed by atoms with E-state index >= 15 is 0 Å². The van der Waals surface area contributed by atoms with Crippen molar-refractivity contribution in [3.8, 4) is 11.5 Å². The van der Waals surface area contributed by atoms with Gasteiger partial charge in [-0.3, -0.25) is 4.21 Å². The maximum absolute atomic E-state index is 11.3. The first-order valence-electron chi connectivity index (χ1n) is 4.60. The largest absolute Gasteiger partial charge is 0.495 e. The molecule has 0 aliphatic rings. The lowest BCUT2D eigenvalue weighted by molar-refractivity contribution is 0.392. The quantitative estimate of drug-likeness (QED) is 0.806. The number of methoxy groups -OCH3 is 2. The average Bonchev–Trinajstić information content (AvgIpc) is 2.71. The van der Waals surface area contributed by atoms with Crippen LogP contribution in [-0.4, -0.2) is 34.3 Å². The predicted molar refractivity (Wildman–Crippen MR) is 60.6 cm³/mol. The first-order chi connectivity index (χ1) is 7.65. The second-order valence-corrected chi connectivity index (χ2v) is 4.54. The van der Waals surface area contributed by atoms with Crippen molar-refractivity contribution in [1.29, 1.82) is 0 Å². The van der Waals surface area contributed by atoms with Crippen molar-refractivity contribution in [2.24, 2.45) is 0 Å². The highest BCUT2D eigenvalue weighted by atomic mass is 32.2. The monoisotopic (exact) mass is 240 g/mol. The van der Waals surface area contributed by atoms with Gasteiger partial charge in [-0.25, -0.2) is 4.52 Å². The smallest absolute Gasteiger partial charge is 0.150 e. The summed E-state index contributed by atoms with van der Waals surface area (Å²) in [5.74, 6) is 1.28. The SMILES string of the molecule is COc1cc(OC)c2cc(S(C)=O)nn2c1. The van der Waals surface area contributed by atoms with Crippen LogP contribution in [0, 0.1) is 0 Å². The Balaban J connectivity index is 2.69. The molecule has 16 heavy (non-hydrogen) atoms. The van der Waals surface area contributed by atoms with Crippen molar-refractivity contribution < 1.29 is 13.7 Å². The van der Waals surface area contributed by atoms with E-state index in [4.69, 9.17) is 9.47 Å². The van der Waals surface area contributed by atoms with Crippen LogP contribution in [0.5, 0.6) is 11.5 Å². The molecule has 0 spiro atoms. The summed E-state index contributed by atoms with van der Waals surface area (Å²) >= 11 is 0. The van der Waals surface area contributed by atoms with Gasteiger partial charge in [0.05, 0.1) is 31.2 Å². The third-order valence-corrected chi connectivity index (χ3v) is 3.03. The van der Waals surface area contributed by atoms with Crippen LogP contribution in [0.3, 0.4) is 0 Å². The van der Waals surface area contributed by atoms with Gasteiger partial charge in [0.2, 0.25) is 0 Å². The normalized spacial score (nSPS) is 12.7. The Kier molecular flexibility index (Phi) is 2.82. The lowest BCUT2D eigenvalue weighted by Gasteiger charge is -2.05. The van der Waals surface area contributed by atoms with Crippen molar-refractivity contribution in [2.45, 2.75) is 5.03 Å². The topological polar surface area (TPSA) is 52.8 Å². The van der Waals surface area contributed by atoms with Gasteiger partial charge in [-0.2, -0.15) is 5.10 Å².